The maximum absolute atomic E-state index is 11.8. The van der Waals surface area contributed by atoms with Gasteiger partial charge in [-0.1, -0.05) is 0 Å². The van der Waals surface area contributed by atoms with Gasteiger partial charge in [0.2, 0.25) is 6.29 Å². The molecule has 0 amide bonds. The van der Waals surface area contributed by atoms with Crippen LogP contribution in [0.25, 0.3) is 11.0 Å². The van der Waals surface area contributed by atoms with Crippen LogP contribution in [0, 0.1) is 10.1 Å². The Kier molecular flexibility index (Phi) is 4.07. The van der Waals surface area contributed by atoms with Gasteiger partial charge in [0, 0.05) is 24.2 Å². The molecule has 1 saturated heterocycles. The number of nitrogens with one attached hydrogen (secondary N) is 1. The molecule has 0 unspecified atom stereocenters. The molecule has 122 valence electrons. The number of aliphatic hydroxyl groups excluding tert-OH is 1. The maximum Gasteiger partial charge on any atom is 0.275 e. The number of nitro benzene ring substituents is 1. The van der Waals surface area contributed by atoms with Gasteiger partial charge in [0.1, 0.15) is 0 Å². The number of nitrogens with zero attached hydrogens (tertiary/aromatic N) is 3. The fourth-order valence-electron chi connectivity index (χ4n) is 2.85. The van der Waals surface area contributed by atoms with Crippen LogP contribution in [0.4, 0.5) is 5.69 Å². The van der Waals surface area contributed by atoms with Crippen LogP contribution in [-0.4, -0.2) is 43.1 Å². The molecule has 3 rings (SSSR count). The van der Waals surface area contributed by atoms with Gasteiger partial charge in [0.15, 0.2) is 5.69 Å². The van der Waals surface area contributed by atoms with Crippen LogP contribution in [0.1, 0.15) is 30.4 Å². The molecule has 0 saturated carbocycles. The Hall–Kier alpha value is -2.36. The Morgan fingerprint density at radius 2 is 2.04 bits per heavy atom. The monoisotopic (exact) mass is 320 g/mol. The summed E-state index contributed by atoms with van der Waals surface area (Å²) in [6, 6.07) is 2.64. The lowest BCUT2D eigenvalue weighted by Crippen LogP contribution is -2.21. The summed E-state index contributed by atoms with van der Waals surface area (Å²) in [5, 5.41) is 29.6. The minimum atomic E-state index is -2.00. The molecule has 0 aliphatic carbocycles. The zero-order chi connectivity index (χ0) is 16.6. The second-order valence-corrected chi connectivity index (χ2v) is 5.57. The fourth-order valence-corrected chi connectivity index (χ4v) is 2.85. The first-order valence-corrected chi connectivity index (χ1v) is 7.25. The number of likely N-dealkylation sites (tertiary alicyclic amines) is 1. The number of benzene rings is 1. The average molecular weight is 320 g/mol. The number of aromatic nitrogens is 2. The first kappa shape index (κ1) is 15.5. The van der Waals surface area contributed by atoms with Crippen molar-refractivity contribution in [2.75, 3.05) is 13.1 Å². The van der Waals surface area contributed by atoms with E-state index in [1.54, 1.807) is 0 Å². The zero-order valence-corrected chi connectivity index (χ0v) is 12.2. The number of nitro groups is 1. The molecule has 0 spiro atoms. The Morgan fingerprint density at radius 3 is 2.65 bits per heavy atom. The van der Waals surface area contributed by atoms with Crippen LogP contribution in [0.2, 0.25) is 0 Å². The summed E-state index contributed by atoms with van der Waals surface area (Å²) in [5.74, 6) is 0. The van der Waals surface area contributed by atoms with Crippen molar-refractivity contribution in [3.63, 3.8) is 0 Å². The molecule has 0 bridgehead atoms. The van der Waals surface area contributed by atoms with E-state index in [9.17, 15) is 25.1 Å². The molecule has 9 heteroatoms. The molecule has 1 aromatic carbocycles. The molecular formula is C14H16N4O5. The first-order chi connectivity index (χ1) is 11.0. The van der Waals surface area contributed by atoms with Gasteiger partial charge in [-0.05, 0) is 25.9 Å². The van der Waals surface area contributed by atoms with Gasteiger partial charge < -0.3 is 15.2 Å². The van der Waals surface area contributed by atoms with Crippen molar-refractivity contribution in [2.24, 2.45) is 0 Å². The van der Waals surface area contributed by atoms with E-state index in [1.165, 1.54) is 12.1 Å². The fraction of sp³-hybridized carbons (Fsp3) is 0.429. The summed E-state index contributed by atoms with van der Waals surface area (Å²) in [6.45, 7) is 2.24. The summed E-state index contributed by atoms with van der Waals surface area (Å²) >= 11 is 0. The van der Waals surface area contributed by atoms with Crippen LogP contribution in [-0.2, 0) is 6.54 Å². The number of aromatic amines is 1. The lowest BCUT2D eigenvalue weighted by atomic mass is 10.1. The van der Waals surface area contributed by atoms with E-state index in [1.807, 2.05) is 0 Å². The molecule has 3 N–H and O–H groups in total. The van der Waals surface area contributed by atoms with E-state index in [0.29, 0.717) is 17.6 Å². The Morgan fingerprint density at radius 1 is 1.35 bits per heavy atom. The third-order valence-corrected chi connectivity index (χ3v) is 3.93. The summed E-state index contributed by atoms with van der Waals surface area (Å²) in [6.07, 6.45) is 0.133. The van der Waals surface area contributed by atoms with Crippen LogP contribution in [0.15, 0.2) is 16.9 Å². The number of fused-ring (bicyclic) bond motifs is 1. The van der Waals surface area contributed by atoms with Crippen molar-refractivity contribution < 1.29 is 15.1 Å². The number of hydrogen-bond acceptors (Lipinski definition) is 7. The number of aliphatic hydroxyl groups is 2. The van der Waals surface area contributed by atoms with E-state index in [4.69, 9.17) is 0 Å². The highest BCUT2D eigenvalue weighted by Gasteiger charge is 2.20. The molecule has 23 heavy (non-hydrogen) atoms. The third-order valence-electron chi connectivity index (χ3n) is 3.93. The SMILES string of the molecule is O=c1[nH]c2cc([N+](=O)[O-])cc(CN3CCCC3)c2nc1C(O)O. The van der Waals surface area contributed by atoms with Crippen molar-refractivity contribution in [3.05, 3.63) is 43.9 Å². The number of H-pyrrole nitrogens is 1. The average Bonchev–Trinajstić information content (AvgIpc) is 2.98. The van der Waals surface area contributed by atoms with Crippen LogP contribution < -0.4 is 5.56 Å². The highest BCUT2D eigenvalue weighted by molar-refractivity contribution is 5.80. The topological polar surface area (TPSA) is 133 Å². The van der Waals surface area contributed by atoms with E-state index < -0.39 is 22.5 Å². The van der Waals surface area contributed by atoms with Gasteiger partial charge in [-0.25, -0.2) is 4.98 Å². The van der Waals surface area contributed by atoms with Crippen LogP contribution >= 0.6 is 0 Å². The van der Waals surface area contributed by atoms with Crippen LogP contribution in [0.5, 0.6) is 0 Å². The van der Waals surface area contributed by atoms with Gasteiger partial charge in [-0.15, -0.1) is 0 Å². The summed E-state index contributed by atoms with van der Waals surface area (Å²) in [5.41, 5.74) is -0.210. The standard InChI is InChI=1S/C14H16N4O5/c19-13-12(14(20)21)16-11-8(7-17-3-1-2-4-17)5-9(18(22)23)6-10(11)15-13/h5-6,14,20-21H,1-4,7H2,(H,15,19). The molecular weight excluding hydrogens is 304 g/mol. The highest BCUT2D eigenvalue weighted by Crippen LogP contribution is 2.25. The summed E-state index contributed by atoms with van der Waals surface area (Å²) in [7, 11) is 0. The third kappa shape index (κ3) is 3.07. The number of hydrogen-bond donors (Lipinski definition) is 3. The normalized spacial score (nSPS) is 15.6. The first-order valence-electron chi connectivity index (χ1n) is 7.25. The Balaban J connectivity index is 2.18. The zero-order valence-electron chi connectivity index (χ0n) is 12.2. The summed E-state index contributed by atoms with van der Waals surface area (Å²) < 4.78 is 0. The van der Waals surface area contributed by atoms with E-state index in [2.05, 4.69) is 14.9 Å². The molecule has 0 radical (unpaired) electrons. The van der Waals surface area contributed by atoms with E-state index in [0.717, 1.165) is 25.9 Å². The molecule has 1 aliphatic rings. The maximum atomic E-state index is 11.8. The second kappa shape index (κ2) is 6.03. The van der Waals surface area contributed by atoms with Crippen molar-refractivity contribution in [1.29, 1.82) is 0 Å². The highest BCUT2D eigenvalue weighted by atomic mass is 16.6. The van der Waals surface area contributed by atoms with Gasteiger partial charge in [-0.2, -0.15) is 0 Å². The Bertz CT molecular complexity index is 811. The minimum absolute atomic E-state index is 0.138. The molecule has 9 nitrogen and oxygen atoms in total. The molecule has 1 aliphatic heterocycles. The number of rotatable bonds is 4. The lowest BCUT2D eigenvalue weighted by molar-refractivity contribution is -0.384. The van der Waals surface area contributed by atoms with Crippen LogP contribution in [0.3, 0.4) is 0 Å². The van der Waals surface area contributed by atoms with Crippen molar-refractivity contribution in [3.8, 4) is 0 Å². The van der Waals surface area contributed by atoms with Gasteiger partial charge in [0.05, 0.1) is 16.0 Å². The quantitative estimate of drug-likeness (QED) is 0.422. The number of non-ortho nitro benzene ring substituents is 1. The van der Waals surface area contributed by atoms with Crippen molar-refractivity contribution in [2.45, 2.75) is 25.7 Å². The predicted molar refractivity (Wildman–Crippen MR) is 80.7 cm³/mol. The van der Waals surface area contributed by atoms with Gasteiger partial charge >= 0.3 is 0 Å². The minimum Gasteiger partial charge on any atom is -0.363 e. The largest absolute Gasteiger partial charge is 0.363 e. The smallest absolute Gasteiger partial charge is 0.275 e. The Labute approximate surface area is 130 Å². The molecule has 0 atom stereocenters. The summed E-state index contributed by atoms with van der Waals surface area (Å²) in [4.78, 5) is 31.0. The second-order valence-electron chi connectivity index (χ2n) is 5.57. The van der Waals surface area contributed by atoms with Gasteiger partial charge in [-0.3, -0.25) is 19.8 Å². The molecule has 2 heterocycles. The molecule has 1 fully saturated rings. The van der Waals surface area contributed by atoms with Gasteiger partial charge in [0.25, 0.3) is 11.2 Å². The predicted octanol–water partition coefficient (Wildman–Crippen LogP) is 0.410. The molecule has 2 aromatic rings. The van der Waals surface area contributed by atoms with Crippen molar-refractivity contribution >= 4 is 16.7 Å². The van der Waals surface area contributed by atoms with Crippen molar-refractivity contribution in [1.82, 2.24) is 14.9 Å². The molecule has 1 aromatic heterocycles. The lowest BCUT2D eigenvalue weighted by Gasteiger charge is -2.16. The van der Waals surface area contributed by atoms with E-state index >= 15 is 0 Å². The van der Waals surface area contributed by atoms with E-state index in [-0.39, 0.29) is 11.2 Å².